The third-order valence-electron chi connectivity index (χ3n) is 6.39. The SMILES string of the molecule is CC(=O)Nc1ccc(S(=O)(=O)O)c(N=Nc2cc(S(=O)(=O)O)c3cc(S(=O)(=O)O)c(N=Nc4ccc([N+](=O)[O-])cc4S(=O)(=O)O)c(O)c3c2N)c1. The number of anilines is 2. The molecule has 0 unspecified atom stereocenters. The van der Waals surface area contributed by atoms with Gasteiger partial charge in [0.2, 0.25) is 5.91 Å². The number of amides is 1. The van der Waals surface area contributed by atoms with Crippen LogP contribution in [-0.2, 0) is 45.3 Å². The number of nitrogen functional groups attached to an aromatic ring is 1. The number of azo groups is 2. The third-order valence-corrected chi connectivity index (χ3v) is 9.93. The summed E-state index contributed by atoms with van der Waals surface area (Å²) in [4.78, 5) is 16.8. The van der Waals surface area contributed by atoms with Crippen LogP contribution in [0.2, 0.25) is 0 Å². The Bertz CT molecular complexity index is 2700. The first-order valence-corrected chi connectivity index (χ1v) is 18.6. The summed E-state index contributed by atoms with van der Waals surface area (Å²) in [6.07, 6.45) is 0. The lowest BCUT2D eigenvalue weighted by atomic mass is 10.0. The van der Waals surface area contributed by atoms with Crippen LogP contribution in [0.3, 0.4) is 0 Å². The summed E-state index contributed by atoms with van der Waals surface area (Å²) in [6, 6.07) is 5.38. The minimum Gasteiger partial charge on any atom is -0.505 e. The van der Waals surface area contributed by atoms with Gasteiger partial charge in [0.25, 0.3) is 46.2 Å². The van der Waals surface area contributed by atoms with Crippen molar-refractivity contribution < 1.29 is 66.7 Å². The number of carbonyl (C=O) groups excluding carboxylic acids is 1. The Hall–Kier alpha value is -5.55. The molecule has 0 radical (unpaired) electrons. The molecule has 0 fully saturated rings. The zero-order valence-electron chi connectivity index (χ0n) is 24.8. The number of hydrogen-bond donors (Lipinski definition) is 7. The maximum absolute atomic E-state index is 12.4. The second-order valence-electron chi connectivity index (χ2n) is 9.88. The Morgan fingerprint density at radius 3 is 1.78 bits per heavy atom. The number of phenolic OH excluding ortho intramolecular Hbond substituents is 1. The van der Waals surface area contributed by atoms with Gasteiger partial charge in [-0.1, -0.05) is 0 Å². The molecule has 0 aromatic heterocycles. The number of non-ortho nitro benzene ring substituents is 1. The molecule has 0 aliphatic carbocycles. The summed E-state index contributed by atoms with van der Waals surface area (Å²) in [5.41, 5.74) is 0.870. The number of fused-ring (bicyclic) bond motifs is 1. The van der Waals surface area contributed by atoms with Crippen molar-refractivity contribution in [3.05, 3.63) is 58.6 Å². The molecule has 0 bridgehead atoms. The molecule has 8 N–H and O–H groups in total. The number of hydrogen-bond acceptors (Lipinski definition) is 17. The Balaban J connectivity index is 2.08. The predicted molar refractivity (Wildman–Crippen MR) is 171 cm³/mol. The molecule has 0 saturated carbocycles. The summed E-state index contributed by atoms with van der Waals surface area (Å²) in [5, 5.41) is 36.9. The second kappa shape index (κ2) is 13.3. The zero-order chi connectivity index (χ0) is 38.4. The van der Waals surface area contributed by atoms with Crippen molar-refractivity contribution in [2.75, 3.05) is 11.1 Å². The standard InChI is InChI=1S/C24H19N7O16S4/c1-10(32)26-11-2-5-17(48(36,37)38)15(6-11)28-29-16-9-18(49(39,40)41)13-8-20(51(45,46)47)23(24(33)21(13)22(16)25)30-27-14-4-3-12(31(34)35)7-19(14)50(42,43)44/h2-9,33H,25H2,1H3,(H,26,32)(H,36,37,38)(H,39,40,41)(H,42,43,44)(H,45,46,47). The van der Waals surface area contributed by atoms with Crippen molar-refractivity contribution in [3.8, 4) is 5.75 Å². The van der Waals surface area contributed by atoms with Crippen molar-refractivity contribution in [2.24, 2.45) is 20.5 Å². The molecule has 0 heterocycles. The van der Waals surface area contributed by atoms with E-state index in [1.807, 2.05) is 0 Å². The van der Waals surface area contributed by atoms with Gasteiger partial charge in [-0.3, -0.25) is 33.1 Å². The van der Waals surface area contributed by atoms with Gasteiger partial charge in [-0.05, 0) is 36.4 Å². The fourth-order valence-electron chi connectivity index (χ4n) is 4.31. The maximum Gasteiger partial charge on any atom is 0.297 e. The third kappa shape index (κ3) is 8.26. The predicted octanol–water partition coefficient (Wildman–Crippen LogP) is 3.81. The van der Waals surface area contributed by atoms with Gasteiger partial charge in [-0.15, -0.1) is 20.5 Å². The highest BCUT2D eigenvalue weighted by atomic mass is 32.2. The van der Waals surface area contributed by atoms with E-state index >= 15 is 0 Å². The average Bonchev–Trinajstić information content (AvgIpc) is 2.97. The minimum atomic E-state index is -5.51. The molecule has 51 heavy (non-hydrogen) atoms. The minimum absolute atomic E-state index is 0.0514. The Morgan fingerprint density at radius 2 is 1.25 bits per heavy atom. The summed E-state index contributed by atoms with van der Waals surface area (Å²) in [7, 11) is -21.2. The van der Waals surface area contributed by atoms with Crippen molar-refractivity contribution in [2.45, 2.75) is 26.5 Å². The van der Waals surface area contributed by atoms with E-state index in [1.165, 1.54) is 0 Å². The largest absolute Gasteiger partial charge is 0.505 e. The first-order valence-electron chi connectivity index (χ1n) is 12.9. The van der Waals surface area contributed by atoms with Crippen LogP contribution in [0, 0.1) is 10.1 Å². The summed E-state index contributed by atoms with van der Waals surface area (Å²) >= 11 is 0. The fourth-order valence-corrected chi connectivity index (χ4v) is 6.91. The number of nitrogens with two attached hydrogens (primary N) is 1. The van der Waals surface area contributed by atoms with Crippen LogP contribution in [0.1, 0.15) is 6.92 Å². The zero-order valence-corrected chi connectivity index (χ0v) is 28.1. The van der Waals surface area contributed by atoms with Crippen molar-refractivity contribution in [1.82, 2.24) is 0 Å². The Labute approximate surface area is 285 Å². The number of phenols is 1. The first kappa shape index (κ1) is 38.3. The van der Waals surface area contributed by atoms with Crippen LogP contribution in [0.5, 0.6) is 5.75 Å². The van der Waals surface area contributed by atoms with Gasteiger partial charge in [0.15, 0.2) is 5.75 Å². The van der Waals surface area contributed by atoms with Gasteiger partial charge in [0, 0.05) is 30.1 Å². The topological polar surface area (TPSA) is 385 Å². The van der Waals surface area contributed by atoms with Gasteiger partial charge in [0.1, 0.15) is 42.3 Å². The van der Waals surface area contributed by atoms with Gasteiger partial charge >= 0.3 is 0 Å². The van der Waals surface area contributed by atoms with E-state index in [-0.39, 0.29) is 5.69 Å². The number of benzene rings is 4. The number of nitro groups is 1. The van der Waals surface area contributed by atoms with Crippen molar-refractivity contribution in [1.29, 1.82) is 0 Å². The highest BCUT2D eigenvalue weighted by Crippen LogP contribution is 2.48. The number of aromatic hydroxyl groups is 1. The highest BCUT2D eigenvalue weighted by Gasteiger charge is 2.29. The van der Waals surface area contributed by atoms with E-state index in [0.717, 1.165) is 25.1 Å². The van der Waals surface area contributed by atoms with Crippen LogP contribution in [0.15, 0.2) is 88.6 Å². The van der Waals surface area contributed by atoms with Crippen LogP contribution in [0.4, 0.5) is 39.8 Å². The number of nitrogens with one attached hydrogen (secondary N) is 1. The average molecular weight is 790 g/mol. The molecule has 27 heteroatoms. The molecular weight excluding hydrogens is 771 g/mol. The summed E-state index contributed by atoms with van der Waals surface area (Å²) in [6.45, 7) is 1.11. The summed E-state index contributed by atoms with van der Waals surface area (Å²) in [5.74, 6) is -2.02. The first-order chi connectivity index (χ1) is 23.3. The molecule has 0 aliphatic rings. The molecule has 0 spiro atoms. The normalized spacial score (nSPS) is 12.9. The molecule has 270 valence electrons. The van der Waals surface area contributed by atoms with E-state index in [0.29, 0.717) is 30.3 Å². The summed E-state index contributed by atoms with van der Waals surface area (Å²) < 4.78 is 136. The molecule has 0 saturated heterocycles. The molecule has 4 aromatic carbocycles. The Kier molecular flexibility index (Phi) is 9.97. The maximum atomic E-state index is 12.4. The van der Waals surface area contributed by atoms with E-state index in [9.17, 15) is 71.9 Å². The smallest absolute Gasteiger partial charge is 0.297 e. The van der Waals surface area contributed by atoms with E-state index in [1.54, 1.807) is 0 Å². The fraction of sp³-hybridized carbons (Fsp3) is 0.0417. The lowest BCUT2D eigenvalue weighted by molar-refractivity contribution is -0.385. The molecule has 4 rings (SSSR count). The molecular formula is C24H19N7O16S4. The molecule has 4 aromatic rings. The lowest BCUT2D eigenvalue weighted by Gasteiger charge is -2.14. The quantitative estimate of drug-likeness (QED) is 0.0394. The second-order valence-corrected chi connectivity index (χ2v) is 15.4. The van der Waals surface area contributed by atoms with Crippen LogP contribution in [0.25, 0.3) is 10.8 Å². The number of rotatable bonds is 10. The molecule has 23 nitrogen and oxygen atoms in total. The van der Waals surface area contributed by atoms with Gasteiger partial charge in [-0.2, -0.15) is 33.7 Å². The van der Waals surface area contributed by atoms with E-state index in [4.69, 9.17) is 5.73 Å². The number of nitrogens with zero attached hydrogens (tertiary/aromatic N) is 5. The monoisotopic (exact) mass is 789 g/mol. The molecule has 1 amide bonds. The van der Waals surface area contributed by atoms with Gasteiger partial charge in [0.05, 0.1) is 16.0 Å². The van der Waals surface area contributed by atoms with Crippen molar-refractivity contribution >= 4 is 97.0 Å². The van der Waals surface area contributed by atoms with Crippen LogP contribution in [-0.4, -0.2) is 67.8 Å². The van der Waals surface area contributed by atoms with Crippen molar-refractivity contribution in [3.63, 3.8) is 0 Å². The molecule has 0 aliphatic heterocycles. The van der Waals surface area contributed by atoms with Crippen LogP contribution < -0.4 is 11.1 Å². The lowest BCUT2D eigenvalue weighted by Crippen LogP contribution is -2.06. The van der Waals surface area contributed by atoms with E-state index in [2.05, 4.69) is 25.8 Å². The van der Waals surface area contributed by atoms with E-state index < -0.39 is 122 Å². The van der Waals surface area contributed by atoms with Crippen LogP contribution >= 0.6 is 0 Å². The molecule has 0 atom stereocenters. The Morgan fingerprint density at radius 1 is 0.706 bits per heavy atom. The number of nitro benzene ring substituents is 1. The highest BCUT2D eigenvalue weighted by molar-refractivity contribution is 7.87. The van der Waals surface area contributed by atoms with Gasteiger partial charge in [-0.25, -0.2) is 0 Å². The number of carbonyl (C=O) groups is 1. The van der Waals surface area contributed by atoms with Gasteiger partial charge < -0.3 is 16.2 Å².